The second-order valence-electron chi connectivity index (χ2n) is 6.58. The minimum absolute atomic E-state index is 0.0728. The number of nitriles is 1. The Balaban J connectivity index is 1.90. The minimum atomic E-state index is -0.990. The highest BCUT2D eigenvalue weighted by molar-refractivity contribution is 5.92. The Labute approximate surface area is 164 Å². The molecule has 3 rings (SSSR count). The Morgan fingerprint density at radius 3 is 2.59 bits per heavy atom. The van der Waals surface area contributed by atoms with Crippen molar-refractivity contribution in [2.75, 3.05) is 0 Å². The van der Waals surface area contributed by atoms with E-state index in [9.17, 15) is 18.7 Å². The van der Waals surface area contributed by atoms with E-state index in [4.69, 9.17) is 15.5 Å². The summed E-state index contributed by atoms with van der Waals surface area (Å²) in [5.74, 6) is -2.59. The lowest BCUT2D eigenvalue weighted by atomic mass is 10.0. The molecule has 0 saturated heterocycles. The number of primary amides is 1. The summed E-state index contributed by atoms with van der Waals surface area (Å²) in [6, 6.07) is 4.78. The summed E-state index contributed by atoms with van der Waals surface area (Å²) in [5.41, 5.74) is 5.44. The number of rotatable bonds is 6. The van der Waals surface area contributed by atoms with E-state index in [-0.39, 0.29) is 29.5 Å². The van der Waals surface area contributed by atoms with Crippen LogP contribution >= 0.6 is 0 Å². The number of nitrogens with zero attached hydrogens (tertiary/aromatic N) is 4. The van der Waals surface area contributed by atoms with Gasteiger partial charge in [0, 0.05) is 23.7 Å². The van der Waals surface area contributed by atoms with Crippen LogP contribution < -0.4 is 5.73 Å². The molecule has 29 heavy (non-hydrogen) atoms. The molecular formula is C19H17F2N5O3. The molecule has 3 aromatic rings. The SMILES string of the molecule is CC(O)c1onc(C(N)=O)c1C[C@@H](C)n1ccc(-c2cc(F)c(C#N)c(F)c2)n1. The fourth-order valence-corrected chi connectivity index (χ4v) is 3.00. The number of nitrogens with two attached hydrogens (primary N) is 1. The quantitative estimate of drug-likeness (QED) is 0.653. The van der Waals surface area contributed by atoms with Gasteiger partial charge in [0.15, 0.2) is 11.5 Å². The molecule has 150 valence electrons. The van der Waals surface area contributed by atoms with Crippen LogP contribution in [0, 0.1) is 23.0 Å². The van der Waals surface area contributed by atoms with Crippen molar-refractivity contribution < 1.29 is 23.2 Å². The van der Waals surface area contributed by atoms with Gasteiger partial charge in [-0.2, -0.15) is 10.4 Å². The average Bonchev–Trinajstić information content (AvgIpc) is 3.28. The molecule has 2 heterocycles. The first-order valence-electron chi connectivity index (χ1n) is 8.63. The maximum Gasteiger partial charge on any atom is 0.271 e. The minimum Gasteiger partial charge on any atom is -0.385 e. The van der Waals surface area contributed by atoms with E-state index >= 15 is 0 Å². The molecule has 0 spiro atoms. The number of benzene rings is 1. The first kappa shape index (κ1) is 20.2. The number of carbonyl (C=O) groups excluding carboxylic acids is 1. The zero-order valence-electron chi connectivity index (χ0n) is 15.6. The summed E-state index contributed by atoms with van der Waals surface area (Å²) in [6.45, 7) is 3.26. The van der Waals surface area contributed by atoms with Gasteiger partial charge in [-0.3, -0.25) is 9.48 Å². The standard InChI is InChI=1S/C19H17F2N5O3/c1-9(5-12-17(19(23)28)25-29-18(12)10(2)27)26-4-3-16(24-26)11-6-14(20)13(8-22)15(21)7-11/h3-4,6-7,9-10,27H,5H2,1-2H3,(H2,23,28)/t9-,10?/m1/s1. The van der Waals surface area contributed by atoms with Gasteiger partial charge in [-0.05, 0) is 32.0 Å². The van der Waals surface area contributed by atoms with Crippen LogP contribution in [0.1, 0.15) is 53.4 Å². The predicted molar refractivity (Wildman–Crippen MR) is 96.4 cm³/mol. The molecule has 2 aromatic heterocycles. The van der Waals surface area contributed by atoms with Gasteiger partial charge in [-0.1, -0.05) is 5.16 Å². The Bertz CT molecular complexity index is 1090. The molecule has 0 bridgehead atoms. The van der Waals surface area contributed by atoms with E-state index in [0.29, 0.717) is 11.3 Å². The van der Waals surface area contributed by atoms with Crippen LogP contribution in [0.15, 0.2) is 28.9 Å². The third-order valence-electron chi connectivity index (χ3n) is 4.44. The third kappa shape index (κ3) is 3.86. The molecule has 0 aliphatic rings. The highest BCUT2D eigenvalue weighted by Crippen LogP contribution is 2.27. The average molecular weight is 401 g/mol. The fraction of sp³-hybridized carbons (Fsp3) is 0.263. The number of aliphatic hydroxyl groups is 1. The number of aromatic nitrogens is 3. The molecule has 2 atom stereocenters. The van der Waals surface area contributed by atoms with Gasteiger partial charge >= 0.3 is 0 Å². The lowest BCUT2D eigenvalue weighted by molar-refractivity contribution is 0.0989. The molecular weight excluding hydrogens is 384 g/mol. The monoisotopic (exact) mass is 401 g/mol. The van der Waals surface area contributed by atoms with Gasteiger partial charge in [-0.25, -0.2) is 8.78 Å². The van der Waals surface area contributed by atoms with Gasteiger partial charge in [0.25, 0.3) is 5.91 Å². The van der Waals surface area contributed by atoms with E-state index in [1.807, 2.05) is 0 Å². The first-order chi connectivity index (χ1) is 13.7. The summed E-state index contributed by atoms with van der Waals surface area (Å²) in [5, 5.41) is 26.5. The second kappa shape index (κ2) is 7.81. The van der Waals surface area contributed by atoms with E-state index in [1.54, 1.807) is 19.2 Å². The number of hydrogen-bond donors (Lipinski definition) is 2. The Morgan fingerprint density at radius 1 is 1.38 bits per heavy atom. The van der Waals surface area contributed by atoms with Gasteiger partial charge < -0.3 is 15.4 Å². The van der Waals surface area contributed by atoms with Gasteiger partial charge in [-0.15, -0.1) is 0 Å². The van der Waals surface area contributed by atoms with E-state index in [1.165, 1.54) is 17.7 Å². The zero-order valence-corrected chi connectivity index (χ0v) is 15.6. The number of carbonyl (C=O) groups is 1. The van der Waals surface area contributed by atoms with Crippen LogP contribution in [-0.4, -0.2) is 26.0 Å². The normalized spacial score (nSPS) is 13.1. The van der Waals surface area contributed by atoms with Gasteiger partial charge in [0.2, 0.25) is 0 Å². The largest absolute Gasteiger partial charge is 0.385 e. The lowest BCUT2D eigenvalue weighted by Crippen LogP contribution is -2.17. The smallest absolute Gasteiger partial charge is 0.271 e. The lowest BCUT2D eigenvalue weighted by Gasteiger charge is -2.13. The molecule has 8 nitrogen and oxygen atoms in total. The molecule has 0 fully saturated rings. The summed E-state index contributed by atoms with van der Waals surface area (Å²) < 4.78 is 34.3. The van der Waals surface area contributed by atoms with Crippen LogP contribution in [0.5, 0.6) is 0 Å². The first-order valence-corrected chi connectivity index (χ1v) is 8.63. The van der Waals surface area contributed by atoms with Crippen LogP contribution in [0.2, 0.25) is 0 Å². The van der Waals surface area contributed by atoms with Crippen molar-refractivity contribution in [3.8, 4) is 17.3 Å². The molecule has 0 aliphatic heterocycles. The van der Waals surface area contributed by atoms with Crippen LogP contribution in [0.25, 0.3) is 11.3 Å². The number of halogens is 2. The summed E-state index contributed by atoms with van der Waals surface area (Å²) in [4.78, 5) is 11.6. The Morgan fingerprint density at radius 2 is 2.03 bits per heavy atom. The highest BCUT2D eigenvalue weighted by Gasteiger charge is 2.25. The van der Waals surface area contributed by atoms with Crippen molar-refractivity contribution in [2.24, 2.45) is 5.73 Å². The van der Waals surface area contributed by atoms with E-state index in [2.05, 4.69) is 10.3 Å². The maximum atomic E-state index is 13.9. The molecule has 1 unspecified atom stereocenters. The number of hydrogen-bond acceptors (Lipinski definition) is 6. The highest BCUT2D eigenvalue weighted by atomic mass is 19.1. The van der Waals surface area contributed by atoms with Crippen LogP contribution in [0.3, 0.4) is 0 Å². The molecule has 1 amide bonds. The van der Waals surface area contributed by atoms with E-state index in [0.717, 1.165) is 12.1 Å². The topological polar surface area (TPSA) is 131 Å². The van der Waals surface area contributed by atoms with Crippen molar-refractivity contribution in [2.45, 2.75) is 32.4 Å². The van der Waals surface area contributed by atoms with Crippen molar-refractivity contribution in [1.29, 1.82) is 5.26 Å². The third-order valence-corrected chi connectivity index (χ3v) is 4.44. The summed E-state index contributed by atoms with van der Waals surface area (Å²) in [6.07, 6.45) is 0.836. The van der Waals surface area contributed by atoms with Gasteiger partial charge in [0.05, 0.1) is 11.7 Å². The number of aliphatic hydroxyl groups excluding tert-OH is 1. The molecule has 10 heteroatoms. The summed E-state index contributed by atoms with van der Waals surface area (Å²) >= 11 is 0. The fourth-order valence-electron chi connectivity index (χ4n) is 3.00. The number of amides is 1. The van der Waals surface area contributed by atoms with Crippen LogP contribution in [-0.2, 0) is 6.42 Å². The van der Waals surface area contributed by atoms with Crippen LogP contribution in [0.4, 0.5) is 8.78 Å². The van der Waals surface area contributed by atoms with E-state index < -0.39 is 29.2 Å². The molecule has 0 radical (unpaired) electrons. The predicted octanol–water partition coefficient (Wildman–Crippen LogP) is 2.64. The molecule has 0 saturated carbocycles. The van der Waals surface area contributed by atoms with Gasteiger partial charge in [0.1, 0.15) is 29.4 Å². The zero-order chi connectivity index (χ0) is 21.3. The molecule has 0 aliphatic carbocycles. The molecule has 1 aromatic carbocycles. The second-order valence-corrected chi connectivity index (χ2v) is 6.58. The Hall–Kier alpha value is -3.58. The van der Waals surface area contributed by atoms with Crippen molar-refractivity contribution in [1.82, 2.24) is 14.9 Å². The Kier molecular flexibility index (Phi) is 5.43. The summed E-state index contributed by atoms with van der Waals surface area (Å²) in [7, 11) is 0. The van der Waals surface area contributed by atoms with Crippen molar-refractivity contribution in [3.05, 3.63) is 58.6 Å². The maximum absolute atomic E-state index is 13.9. The van der Waals surface area contributed by atoms with Crippen molar-refractivity contribution >= 4 is 5.91 Å². The molecule has 3 N–H and O–H groups in total. The van der Waals surface area contributed by atoms with Crippen molar-refractivity contribution in [3.63, 3.8) is 0 Å².